The van der Waals surface area contributed by atoms with Crippen molar-refractivity contribution in [1.82, 2.24) is 4.57 Å². The van der Waals surface area contributed by atoms with Crippen LogP contribution in [0.1, 0.15) is 31.0 Å². The first-order valence-electron chi connectivity index (χ1n) is 10.0. The van der Waals surface area contributed by atoms with Gasteiger partial charge in [0.25, 0.3) is 5.56 Å². The van der Waals surface area contributed by atoms with Crippen LogP contribution in [-0.4, -0.2) is 24.3 Å². The second-order valence-electron chi connectivity index (χ2n) is 7.13. The topological polar surface area (TPSA) is 69.9 Å². The molecule has 32 heavy (non-hydrogen) atoms. The molecular weight excluding hydrogens is 431 g/mol. The van der Waals surface area contributed by atoms with Crippen molar-refractivity contribution in [2.75, 3.05) is 13.7 Å². The number of halogens is 1. The van der Waals surface area contributed by atoms with Crippen molar-refractivity contribution < 1.29 is 18.7 Å². The third kappa shape index (κ3) is 4.01. The van der Waals surface area contributed by atoms with Crippen molar-refractivity contribution in [3.8, 4) is 5.75 Å². The Kier molecular flexibility index (Phi) is 6.05. The summed E-state index contributed by atoms with van der Waals surface area (Å²) >= 11 is 1.19. The first kappa shape index (κ1) is 21.7. The zero-order valence-electron chi connectivity index (χ0n) is 17.8. The minimum absolute atomic E-state index is 0.199. The third-order valence-electron chi connectivity index (χ3n) is 5.07. The molecule has 0 saturated heterocycles. The highest BCUT2D eigenvalue weighted by molar-refractivity contribution is 7.07. The van der Waals surface area contributed by atoms with Crippen molar-refractivity contribution >= 4 is 23.4 Å². The number of benzene rings is 2. The summed E-state index contributed by atoms with van der Waals surface area (Å²) in [5.74, 6) is -0.315. The normalized spacial score (nSPS) is 15.9. The van der Waals surface area contributed by atoms with Gasteiger partial charge < -0.3 is 9.47 Å². The fraction of sp³-hybridized carbons (Fsp3) is 0.208. The van der Waals surface area contributed by atoms with Gasteiger partial charge in [-0.25, -0.2) is 14.2 Å². The predicted octanol–water partition coefficient (Wildman–Crippen LogP) is 2.95. The van der Waals surface area contributed by atoms with E-state index in [-0.39, 0.29) is 18.0 Å². The zero-order chi connectivity index (χ0) is 22.8. The molecule has 1 aliphatic heterocycles. The molecular formula is C24H21FN2O4S. The van der Waals surface area contributed by atoms with Gasteiger partial charge in [-0.15, -0.1) is 0 Å². The van der Waals surface area contributed by atoms with Crippen molar-refractivity contribution in [1.29, 1.82) is 0 Å². The monoisotopic (exact) mass is 452 g/mol. The molecule has 0 spiro atoms. The van der Waals surface area contributed by atoms with E-state index >= 15 is 0 Å². The number of thiazole rings is 1. The van der Waals surface area contributed by atoms with E-state index in [9.17, 15) is 14.0 Å². The summed E-state index contributed by atoms with van der Waals surface area (Å²) in [5.41, 5.74) is 1.72. The molecule has 164 valence electrons. The highest BCUT2D eigenvalue weighted by Crippen LogP contribution is 2.32. The number of hydrogen-bond acceptors (Lipinski definition) is 6. The van der Waals surface area contributed by atoms with Crippen molar-refractivity contribution in [2.45, 2.75) is 19.9 Å². The van der Waals surface area contributed by atoms with Gasteiger partial charge in [-0.3, -0.25) is 9.36 Å². The van der Waals surface area contributed by atoms with Gasteiger partial charge in [0.05, 0.1) is 35.6 Å². The van der Waals surface area contributed by atoms with Crippen LogP contribution >= 0.6 is 11.3 Å². The van der Waals surface area contributed by atoms with Crippen LogP contribution in [0, 0.1) is 5.82 Å². The number of nitrogens with zero attached hydrogens (tertiary/aromatic N) is 2. The molecule has 0 radical (unpaired) electrons. The van der Waals surface area contributed by atoms with E-state index in [1.54, 1.807) is 57.4 Å². The Balaban J connectivity index is 1.97. The molecule has 0 bridgehead atoms. The lowest BCUT2D eigenvalue weighted by Crippen LogP contribution is -2.39. The number of aromatic nitrogens is 1. The molecule has 0 saturated carbocycles. The summed E-state index contributed by atoms with van der Waals surface area (Å²) in [6.07, 6.45) is 1.62. The molecule has 0 amide bonds. The van der Waals surface area contributed by atoms with Crippen molar-refractivity contribution in [3.05, 3.63) is 96.4 Å². The largest absolute Gasteiger partial charge is 0.497 e. The lowest BCUT2D eigenvalue weighted by molar-refractivity contribution is -0.139. The van der Waals surface area contributed by atoms with Crippen LogP contribution in [0.5, 0.6) is 5.75 Å². The van der Waals surface area contributed by atoms with Gasteiger partial charge in [0.15, 0.2) is 4.80 Å². The molecule has 2 aromatic carbocycles. The van der Waals surface area contributed by atoms with Crippen LogP contribution in [0.15, 0.2) is 69.6 Å². The number of hydrogen-bond donors (Lipinski definition) is 0. The van der Waals surface area contributed by atoms with Gasteiger partial charge in [-0.05, 0) is 55.3 Å². The number of rotatable bonds is 5. The first-order chi connectivity index (χ1) is 15.4. The van der Waals surface area contributed by atoms with E-state index in [2.05, 4.69) is 4.99 Å². The summed E-state index contributed by atoms with van der Waals surface area (Å²) in [5, 5.41) is 0. The second-order valence-corrected chi connectivity index (χ2v) is 8.14. The summed E-state index contributed by atoms with van der Waals surface area (Å²) in [6.45, 7) is 3.65. The van der Waals surface area contributed by atoms with E-state index in [1.165, 1.54) is 28.0 Å². The maximum absolute atomic E-state index is 13.6. The highest BCUT2D eigenvalue weighted by Gasteiger charge is 2.33. The highest BCUT2D eigenvalue weighted by atomic mass is 32.1. The molecule has 1 aromatic heterocycles. The van der Waals surface area contributed by atoms with E-state index in [0.29, 0.717) is 37.5 Å². The van der Waals surface area contributed by atoms with E-state index in [1.807, 2.05) is 6.07 Å². The second kappa shape index (κ2) is 8.92. The Morgan fingerprint density at radius 2 is 2.03 bits per heavy atom. The first-order valence-corrected chi connectivity index (χ1v) is 10.8. The molecule has 3 aromatic rings. The maximum atomic E-state index is 13.6. The number of carbonyl (C=O) groups excluding carboxylic acids is 1. The standard InChI is InChI=1S/C24H21FN2O4S/c1-4-31-23(29)20-14(2)26-24-27(21(20)16-8-6-10-18(13-16)30-3)22(28)19(32-24)12-15-7-5-9-17(25)11-15/h5-13,21H,4H2,1-3H3/b19-12-/t21-/m0/s1. The molecule has 8 heteroatoms. The average molecular weight is 453 g/mol. The number of ether oxygens (including phenoxy) is 2. The lowest BCUT2D eigenvalue weighted by Gasteiger charge is -2.25. The average Bonchev–Trinajstić information content (AvgIpc) is 3.07. The van der Waals surface area contributed by atoms with E-state index in [0.717, 1.165) is 0 Å². The van der Waals surface area contributed by atoms with Crippen LogP contribution < -0.4 is 19.6 Å². The molecule has 1 aliphatic rings. The van der Waals surface area contributed by atoms with Gasteiger partial charge in [-0.2, -0.15) is 0 Å². The summed E-state index contributed by atoms with van der Waals surface area (Å²) < 4.78 is 26.1. The quantitative estimate of drug-likeness (QED) is 0.558. The summed E-state index contributed by atoms with van der Waals surface area (Å²) in [6, 6.07) is 12.5. The number of methoxy groups -OCH3 is 1. The number of carbonyl (C=O) groups is 1. The molecule has 6 nitrogen and oxygen atoms in total. The van der Waals surface area contributed by atoms with Crippen molar-refractivity contribution in [3.63, 3.8) is 0 Å². The van der Waals surface area contributed by atoms with E-state index in [4.69, 9.17) is 9.47 Å². The van der Waals surface area contributed by atoms with Crippen LogP contribution in [0.2, 0.25) is 0 Å². The molecule has 0 fully saturated rings. The SMILES string of the molecule is CCOC(=O)C1=C(C)N=c2s/c(=C\c3cccc(F)c3)c(=O)n2[C@H]1c1cccc(OC)c1. The van der Waals surface area contributed by atoms with Crippen LogP contribution in [0.3, 0.4) is 0 Å². The van der Waals surface area contributed by atoms with Gasteiger partial charge in [0.2, 0.25) is 0 Å². The number of fused-ring (bicyclic) bond motifs is 1. The van der Waals surface area contributed by atoms with Crippen LogP contribution in [0.4, 0.5) is 4.39 Å². The minimum Gasteiger partial charge on any atom is -0.497 e. The Bertz CT molecular complexity index is 1400. The molecule has 0 unspecified atom stereocenters. The smallest absolute Gasteiger partial charge is 0.338 e. The Morgan fingerprint density at radius 3 is 2.75 bits per heavy atom. The third-order valence-corrected chi connectivity index (χ3v) is 6.06. The van der Waals surface area contributed by atoms with E-state index < -0.39 is 12.0 Å². The summed E-state index contributed by atoms with van der Waals surface area (Å²) in [4.78, 5) is 31.3. The van der Waals surface area contributed by atoms with Crippen LogP contribution in [0.25, 0.3) is 6.08 Å². The Morgan fingerprint density at radius 1 is 1.25 bits per heavy atom. The minimum atomic E-state index is -0.727. The van der Waals surface area contributed by atoms with Crippen molar-refractivity contribution in [2.24, 2.45) is 4.99 Å². The lowest BCUT2D eigenvalue weighted by atomic mass is 9.95. The predicted molar refractivity (Wildman–Crippen MR) is 120 cm³/mol. The zero-order valence-corrected chi connectivity index (χ0v) is 18.6. The molecule has 1 atom stereocenters. The Hall–Kier alpha value is -3.52. The molecule has 0 N–H and O–H groups in total. The summed E-state index contributed by atoms with van der Waals surface area (Å²) in [7, 11) is 1.55. The maximum Gasteiger partial charge on any atom is 0.338 e. The van der Waals surface area contributed by atoms with Gasteiger partial charge in [-0.1, -0.05) is 35.6 Å². The van der Waals surface area contributed by atoms with Gasteiger partial charge in [0.1, 0.15) is 11.6 Å². The number of esters is 1. The fourth-order valence-corrected chi connectivity index (χ4v) is 4.71. The van der Waals surface area contributed by atoms with Gasteiger partial charge >= 0.3 is 5.97 Å². The molecule has 0 aliphatic carbocycles. The molecule has 4 rings (SSSR count). The fourth-order valence-electron chi connectivity index (χ4n) is 3.67. The number of allylic oxidation sites excluding steroid dienone is 1. The molecule has 2 heterocycles. The van der Waals surface area contributed by atoms with Gasteiger partial charge in [0, 0.05) is 0 Å². The Labute approximate surface area is 187 Å². The van der Waals surface area contributed by atoms with Crippen LogP contribution in [-0.2, 0) is 9.53 Å².